The van der Waals surface area contributed by atoms with E-state index in [1.54, 1.807) is 12.2 Å². The van der Waals surface area contributed by atoms with E-state index in [-0.39, 0.29) is 48.7 Å². The molecule has 0 aromatic carbocycles. The number of rotatable bonds is 27. The number of unbranched alkanes of at least 4 members (excludes halogenated alkanes) is 3. The van der Waals surface area contributed by atoms with Crippen LogP contribution in [0.25, 0.3) is 11.2 Å². The average Bonchev–Trinajstić information content (AvgIpc) is 3.75. The number of allylic oxidation sites excluding steroid dienone is 3. The van der Waals surface area contributed by atoms with Crippen LogP contribution in [0.15, 0.2) is 37.0 Å². The normalized spacial score (nSPS) is 21.5. The number of anilines is 1. The van der Waals surface area contributed by atoms with E-state index in [0.29, 0.717) is 0 Å². The number of fused-ring (bicyclic) bond motifs is 1. The van der Waals surface area contributed by atoms with Crippen LogP contribution in [-0.4, -0.2) is 134 Å². The Morgan fingerprint density at radius 2 is 1.71 bits per heavy atom. The van der Waals surface area contributed by atoms with Gasteiger partial charge < -0.3 is 56.0 Å². The molecule has 0 bridgehead atoms. The molecule has 350 valence electrons. The molecule has 62 heavy (non-hydrogen) atoms. The van der Waals surface area contributed by atoms with Gasteiger partial charge in [-0.1, -0.05) is 69.7 Å². The maximum absolute atomic E-state index is 12.7. The van der Waals surface area contributed by atoms with Gasteiger partial charge in [-0.2, -0.15) is 4.31 Å². The zero-order valence-corrected chi connectivity index (χ0v) is 37.4. The number of aromatic nitrogens is 4. The fraction of sp³-hybridized carbons (Fsp3) is 0.636. The summed E-state index contributed by atoms with van der Waals surface area (Å²) in [6.07, 6.45) is 3.62. The molecule has 3 heterocycles. The van der Waals surface area contributed by atoms with Gasteiger partial charge >= 0.3 is 23.5 Å². The second-order valence-electron chi connectivity index (χ2n) is 14.3. The molecule has 0 saturated carbocycles. The molecule has 25 nitrogen and oxygen atoms in total. The summed E-state index contributed by atoms with van der Waals surface area (Å²) in [5.41, 5.74) is 4.23. The Labute approximate surface area is 360 Å². The van der Waals surface area contributed by atoms with E-state index < -0.39 is 95.8 Å². The Morgan fingerprint density at radius 1 is 1.02 bits per heavy atom. The number of hydrogen-bond donors (Lipinski definition) is 10. The van der Waals surface area contributed by atoms with Crippen LogP contribution in [0.2, 0.25) is 0 Å². The van der Waals surface area contributed by atoms with Crippen molar-refractivity contribution in [1.29, 1.82) is 0 Å². The number of carbonyl (C=O) groups excluding carboxylic acids is 3. The van der Waals surface area contributed by atoms with Crippen molar-refractivity contribution < 1.29 is 85.6 Å². The SMILES string of the molecule is CCCCC/C=C/C=C/CC(O)C(=O)SCCNC(=O)CCNC(=O)C(O)C(C)(C)COP(=O)(O)OP(=O)(O)OCC1OC(n2cnc3c(N)ncnc32)C(O)C1OP(=O)(O)O. The lowest BCUT2D eigenvalue weighted by Crippen LogP contribution is -2.46. The Bertz CT molecular complexity index is 2020. The van der Waals surface area contributed by atoms with E-state index in [4.69, 9.17) is 19.5 Å². The summed E-state index contributed by atoms with van der Waals surface area (Å²) in [6.45, 7) is 2.41. The number of nitrogens with zero attached hydrogens (tertiary/aromatic N) is 4. The van der Waals surface area contributed by atoms with Crippen molar-refractivity contribution in [3.63, 3.8) is 0 Å². The molecule has 1 saturated heterocycles. The van der Waals surface area contributed by atoms with Gasteiger partial charge in [0.1, 0.15) is 42.4 Å². The monoisotopic (exact) mass is 961 g/mol. The highest BCUT2D eigenvalue weighted by Crippen LogP contribution is 2.61. The predicted octanol–water partition coefficient (Wildman–Crippen LogP) is 1.11. The van der Waals surface area contributed by atoms with E-state index in [2.05, 4.69) is 41.3 Å². The molecule has 0 aliphatic carbocycles. The van der Waals surface area contributed by atoms with Gasteiger partial charge in [0.05, 0.1) is 19.5 Å². The molecule has 2 aromatic heterocycles. The maximum Gasteiger partial charge on any atom is 0.481 e. The quantitative estimate of drug-likeness (QED) is 0.0340. The van der Waals surface area contributed by atoms with Crippen molar-refractivity contribution in [3.8, 4) is 0 Å². The number of nitrogen functional groups attached to an aromatic ring is 1. The first-order valence-electron chi connectivity index (χ1n) is 19.0. The molecular formula is C33H54N7O18P3S. The summed E-state index contributed by atoms with van der Waals surface area (Å²) in [5, 5.41) is 36.0. The van der Waals surface area contributed by atoms with E-state index in [1.165, 1.54) is 13.8 Å². The Kier molecular flexibility index (Phi) is 20.9. The summed E-state index contributed by atoms with van der Waals surface area (Å²) in [7, 11) is -16.4. The molecule has 8 unspecified atom stereocenters. The van der Waals surface area contributed by atoms with Crippen molar-refractivity contribution in [1.82, 2.24) is 30.2 Å². The van der Waals surface area contributed by atoms with Crippen molar-refractivity contribution in [2.75, 3.05) is 37.8 Å². The molecule has 2 aromatic rings. The van der Waals surface area contributed by atoms with Gasteiger partial charge in [0.15, 0.2) is 17.7 Å². The van der Waals surface area contributed by atoms with Gasteiger partial charge in [-0.25, -0.2) is 28.6 Å². The lowest BCUT2D eigenvalue weighted by Gasteiger charge is -2.30. The number of phosphoric ester groups is 3. The fourth-order valence-corrected chi connectivity index (χ4v) is 8.97. The third-order valence-corrected chi connectivity index (χ3v) is 12.8. The second-order valence-corrected chi connectivity index (χ2v) is 19.7. The van der Waals surface area contributed by atoms with Gasteiger partial charge in [-0.05, 0) is 19.3 Å². The smallest absolute Gasteiger partial charge is 0.386 e. The van der Waals surface area contributed by atoms with Gasteiger partial charge in [0.25, 0.3) is 0 Å². The summed E-state index contributed by atoms with van der Waals surface area (Å²) in [4.78, 5) is 88.0. The lowest BCUT2D eigenvalue weighted by molar-refractivity contribution is -0.137. The number of aliphatic hydroxyl groups excluding tert-OH is 3. The summed E-state index contributed by atoms with van der Waals surface area (Å²) < 4.78 is 62.2. The van der Waals surface area contributed by atoms with Crippen molar-refractivity contribution in [2.45, 2.75) is 96.0 Å². The van der Waals surface area contributed by atoms with Crippen LogP contribution >= 0.6 is 35.2 Å². The van der Waals surface area contributed by atoms with Crippen LogP contribution in [0.3, 0.4) is 0 Å². The number of imidazole rings is 1. The molecule has 0 radical (unpaired) electrons. The van der Waals surface area contributed by atoms with E-state index in [0.717, 1.165) is 54.7 Å². The topological polar surface area (TPSA) is 384 Å². The maximum atomic E-state index is 12.7. The van der Waals surface area contributed by atoms with Gasteiger partial charge in [0.2, 0.25) is 16.9 Å². The van der Waals surface area contributed by atoms with Crippen LogP contribution in [0.1, 0.15) is 65.5 Å². The van der Waals surface area contributed by atoms with Crippen LogP contribution in [0.4, 0.5) is 5.82 Å². The number of nitrogens with one attached hydrogen (secondary N) is 2. The number of phosphoric acid groups is 3. The third-order valence-electron chi connectivity index (χ3n) is 8.74. The number of thioether (sulfide) groups is 1. The number of carbonyl (C=O) groups is 3. The summed E-state index contributed by atoms with van der Waals surface area (Å²) in [6, 6.07) is 0. The number of nitrogens with two attached hydrogens (primary N) is 1. The van der Waals surface area contributed by atoms with Crippen LogP contribution in [0.5, 0.6) is 0 Å². The molecule has 1 fully saturated rings. The molecule has 1 aliphatic rings. The fourth-order valence-electron chi connectivity index (χ4n) is 5.45. The first kappa shape index (κ1) is 53.3. The number of hydrogen-bond acceptors (Lipinski definition) is 19. The van der Waals surface area contributed by atoms with Crippen LogP contribution in [0, 0.1) is 5.41 Å². The first-order valence-corrected chi connectivity index (χ1v) is 24.5. The molecule has 11 N–H and O–H groups in total. The largest absolute Gasteiger partial charge is 0.481 e. The van der Waals surface area contributed by atoms with Crippen LogP contribution in [-0.2, 0) is 50.7 Å². The van der Waals surface area contributed by atoms with Gasteiger partial charge in [-0.15, -0.1) is 0 Å². The second kappa shape index (κ2) is 24.3. The molecule has 0 spiro atoms. The molecule has 8 atom stereocenters. The highest BCUT2D eigenvalue weighted by atomic mass is 32.2. The predicted molar refractivity (Wildman–Crippen MR) is 220 cm³/mol. The minimum atomic E-state index is -5.59. The van der Waals surface area contributed by atoms with E-state index >= 15 is 0 Å². The lowest BCUT2D eigenvalue weighted by atomic mass is 9.87. The number of ether oxygens (including phenoxy) is 1. The Hall–Kier alpha value is -3.00. The Balaban J connectivity index is 1.41. The third kappa shape index (κ3) is 17.5. The van der Waals surface area contributed by atoms with Crippen molar-refractivity contribution >= 4 is 69.1 Å². The average molecular weight is 962 g/mol. The molecular weight excluding hydrogens is 907 g/mol. The number of amides is 2. The molecule has 3 rings (SSSR count). The summed E-state index contributed by atoms with van der Waals surface area (Å²) in [5.74, 6) is -1.36. The zero-order valence-electron chi connectivity index (χ0n) is 33.9. The highest BCUT2D eigenvalue weighted by molar-refractivity contribution is 8.13. The first-order chi connectivity index (χ1) is 29.0. The van der Waals surface area contributed by atoms with Crippen molar-refractivity contribution in [2.24, 2.45) is 5.41 Å². The minimum absolute atomic E-state index is 0.0246. The zero-order chi connectivity index (χ0) is 46.3. The molecule has 1 aliphatic heterocycles. The molecule has 2 amide bonds. The summed E-state index contributed by atoms with van der Waals surface area (Å²) >= 11 is 0.854. The highest BCUT2D eigenvalue weighted by Gasteiger charge is 2.50. The number of aliphatic hydroxyl groups is 3. The van der Waals surface area contributed by atoms with E-state index in [1.807, 2.05) is 12.2 Å². The van der Waals surface area contributed by atoms with Gasteiger partial charge in [0, 0.05) is 30.7 Å². The van der Waals surface area contributed by atoms with Crippen molar-refractivity contribution in [3.05, 3.63) is 37.0 Å². The van der Waals surface area contributed by atoms with Gasteiger partial charge in [-0.3, -0.25) is 32.5 Å². The Morgan fingerprint density at radius 3 is 2.40 bits per heavy atom. The standard InChI is InChI=1S/C33H54N7O18P3S/c1-4-5-6-7-8-9-10-11-12-21(41)32(46)62-16-15-35-23(42)13-14-36-30(45)27(44)33(2,3)18-55-61(52,53)58-60(50,51)54-17-22-26(57-59(47,48)49)25(43)31(56-22)40-20-39-24-28(34)37-19-38-29(24)40/h8-11,19-22,25-27,31,41,43-44H,4-7,12-18H2,1-3H3,(H,35,42)(H,36,45)(H,50,51)(H,52,53)(H2,34,37,38)(H2,47,48,49)/b9-8+,11-10+. The van der Waals surface area contributed by atoms with E-state index in [9.17, 15) is 63.0 Å². The minimum Gasteiger partial charge on any atom is -0.386 e. The van der Waals surface area contributed by atoms with Crippen LogP contribution < -0.4 is 16.4 Å². The molecule has 29 heteroatoms.